The Bertz CT molecular complexity index is 444. The van der Waals surface area contributed by atoms with Gasteiger partial charge in [-0.05, 0) is 35.9 Å². The third-order valence-corrected chi connectivity index (χ3v) is 4.14. The summed E-state index contributed by atoms with van der Waals surface area (Å²) in [5.74, 6) is 0.444. The van der Waals surface area contributed by atoms with Gasteiger partial charge >= 0.3 is 0 Å². The lowest BCUT2D eigenvalue weighted by Crippen LogP contribution is -2.34. The molecule has 1 aliphatic heterocycles. The largest absolute Gasteiger partial charge is 0.342 e. The highest BCUT2D eigenvalue weighted by atomic mass is 35.5. The zero-order valence-electron chi connectivity index (χ0n) is 12.6. The van der Waals surface area contributed by atoms with Gasteiger partial charge in [-0.25, -0.2) is 0 Å². The molecule has 1 aromatic heterocycles. The summed E-state index contributed by atoms with van der Waals surface area (Å²) in [6.07, 6.45) is 5.15. The molecule has 0 spiro atoms. The quantitative estimate of drug-likeness (QED) is 0.921. The van der Waals surface area contributed by atoms with Crippen molar-refractivity contribution in [2.75, 3.05) is 19.6 Å². The molecule has 0 saturated carbocycles. The van der Waals surface area contributed by atoms with E-state index in [0.717, 1.165) is 25.1 Å². The number of nitrogens with zero attached hydrogens (tertiary/aromatic N) is 2. The number of carbonyl (C=O) groups excluding carboxylic acids is 1. The molecular weight excluding hydrogens is 309 g/mol. The van der Waals surface area contributed by atoms with Gasteiger partial charge in [0.15, 0.2) is 0 Å². The van der Waals surface area contributed by atoms with Crippen molar-refractivity contribution >= 4 is 30.7 Å². The fraction of sp³-hybridized carbons (Fsp3) is 0.600. The van der Waals surface area contributed by atoms with E-state index in [-0.39, 0.29) is 42.1 Å². The van der Waals surface area contributed by atoms with Gasteiger partial charge in [-0.2, -0.15) is 0 Å². The number of hydrogen-bond acceptors (Lipinski definition) is 3. The first-order valence-electron chi connectivity index (χ1n) is 6.92. The molecule has 0 radical (unpaired) electrons. The lowest BCUT2D eigenvalue weighted by molar-refractivity contribution is -0.130. The SMILES string of the molecule is CC(CC(=O)N1CCC(C)(CN)C1)c1cccnc1.Cl.Cl. The van der Waals surface area contributed by atoms with E-state index >= 15 is 0 Å². The van der Waals surface area contributed by atoms with Crippen molar-refractivity contribution in [3.05, 3.63) is 30.1 Å². The molecule has 2 N–H and O–H groups in total. The topological polar surface area (TPSA) is 59.2 Å². The van der Waals surface area contributed by atoms with Crippen LogP contribution in [0.3, 0.4) is 0 Å². The summed E-state index contributed by atoms with van der Waals surface area (Å²) < 4.78 is 0. The van der Waals surface area contributed by atoms with Gasteiger partial charge in [-0.1, -0.05) is 19.9 Å². The van der Waals surface area contributed by atoms with Crippen LogP contribution in [0.25, 0.3) is 0 Å². The monoisotopic (exact) mass is 333 g/mol. The molecular formula is C15H25Cl2N3O. The lowest BCUT2D eigenvalue weighted by atomic mass is 9.90. The number of rotatable bonds is 4. The molecule has 2 atom stereocenters. The number of carbonyl (C=O) groups is 1. The predicted octanol–water partition coefficient (Wildman–Crippen LogP) is 2.62. The van der Waals surface area contributed by atoms with E-state index in [2.05, 4.69) is 18.8 Å². The molecule has 21 heavy (non-hydrogen) atoms. The van der Waals surface area contributed by atoms with Crippen molar-refractivity contribution in [3.63, 3.8) is 0 Å². The molecule has 0 aliphatic carbocycles. The number of nitrogens with two attached hydrogens (primary N) is 1. The number of hydrogen-bond donors (Lipinski definition) is 1. The van der Waals surface area contributed by atoms with Gasteiger partial charge in [0.05, 0.1) is 0 Å². The molecule has 2 heterocycles. The summed E-state index contributed by atoms with van der Waals surface area (Å²) in [6, 6.07) is 3.94. The second-order valence-corrected chi connectivity index (χ2v) is 5.97. The summed E-state index contributed by atoms with van der Waals surface area (Å²) in [6.45, 7) is 6.52. The van der Waals surface area contributed by atoms with Gasteiger partial charge in [-0.3, -0.25) is 9.78 Å². The van der Waals surface area contributed by atoms with Gasteiger partial charge in [-0.15, -0.1) is 24.8 Å². The highest BCUT2D eigenvalue weighted by Gasteiger charge is 2.34. The Morgan fingerprint density at radius 2 is 2.24 bits per heavy atom. The van der Waals surface area contributed by atoms with Crippen molar-refractivity contribution < 1.29 is 4.79 Å². The molecule has 0 bridgehead atoms. The Morgan fingerprint density at radius 1 is 1.52 bits per heavy atom. The summed E-state index contributed by atoms with van der Waals surface area (Å²) in [5, 5.41) is 0. The van der Waals surface area contributed by atoms with Crippen LogP contribution in [0.4, 0.5) is 0 Å². The first-order chi connectivity index (χ1) is 9.04. The Labute approximate surface area is 139 Å². The number of pyridine rings is 1. The van der Waals surface area contributed by atoms with Gasteiger partial charge in [0.25, 0.3) is 0 Å². The molecule has 4 nitrogen and oxygen atoms in total. The lowest BCUT2D eigenvalue weighted by Gasteiger charge is -2.23. The third-order valence-electron chi connectivity index (χ3n) is 4.14. The van der Waals surface area contributed by atoms with E-state index in [1.807, 2.05) is 23.2 Å². The molecule has 1 amide bonds. The summed E-state index contributed by atoms with van der Waals surface area (Å²) in [7, 11) is 0. The second kappa shape index (κ2) is 8.57. The zero-order valence-corrected chi connectivity index (χ0v) is 14.3. The van der Waals surface area contributed by atoms with E-state index < -0.39 is 0 Å². The maximum atomic E-state index is 12.3. The molecule has 1 saturated heterocycles. The zero-order chi connectivity index (χ0) is 13.9. The van der Waals surface area contributed by atoms with Crippen molar-refractivity contribution in [2.45, 2.75) is 32.6 Å². The van der Waals surface area contributed by atoms with Crippen LogP contribution in [0, 0.1) is 5.41 Å². The van der Waals surface area contributed by atoms with Crippen LogP contribution in [-0.2, 0) is 4.79 Å². The van der Waals surface area contributed by atoms with Crippen molar-refractivity contribution in [1.29, 1.82) is 0 Å². The Balaban J connectivity index is 0.00000200. The first kappa shape index (κ1) is 20.2. The van der Waals surface area contributed by atoms with E-state index in [9.17, 15) is 4.79 Å². The third kappa shape index (κ3) is 5.13. The standard InChI is InChI=1S/C15H23N3O.2ClH/c1-12(13-4-3-6-17-9-13)8-14(19)18-7-5-15(2,10-16)11-18;;/h3-4,6,9,12H,5,7-8,10-11,16H2,1-2H3;2*1H. The minimum Gasteiger partial charge on any atom is -0.342 e. The summed E-state index contributed by atoms with van der Waals surface area (Å²) >= 11 is 0. The normalized spacial score (nSPS) is 22.1. The molecule has 0 aromatic carbocycles. The second-order valence-electron chi connectivity index (χ2n) is 5.97. The van der Waals surface area contributed by atoms with Crippen molar-refractivity contribution in [2.24, 2.45) is 11.1 Å². The number of likely N-dealkylation sites (tertiary alicyclic amines) is 1. The van der Waals surface area contributed by atoms with Crippen LogP contribution in [0.15, 0.2) is 24.5 Å². The molecule has 1 aliphatic rings. The van der Waals surface area contributed by atoms with Crippen LogP contribution in [0.5, 0.6) is 0 Å². The predicted molar refractivity (Wildman–Crippen MR) is 90.1 cm³/mol. The van der Waals surface area contributed by atoms with Crippen molar-refractivity contribution in [3.8, 4) is 0 Å². The van der Waals surface area contributed by atoms with Crippen LogP contribution >= 0.6 is 24.8 Å². The number of halogens is 2. The molecule has 1 fully saturated rings. The van der Waals surface area contributed by atoms with E-state index in [4.69, 9.17) is 5.73 Å². The molecule has 2 unspecified atom stereocenters. The Morgan fingerprint density at radius 3 is 2.76 bits per heavy atom. The summed E-state index contributed by atoms with van der Waals surface area (Å²) in [4.78, 5) is 18.4. The first-order valence-corrected chi connectivity index (χ1v) is 6.92. The fourth-order valence-corrected chi connectivity index (χ4v) is 2.58. The highest BCUT2D eigenvalue weighted by molar-refractivity contribution is 5.85. The van der Waals surface area contributed by atoms with Crippen molar-refractivity contribution in [1.82, 2.24) is 9.88 Å². The smallest absolute Gasteiger partial charge is 0.223 e. The molecule has 1 aromatic rings. The average molecular weight is 334 g/mol. The minimum absolute atomic E-state index is 0. The molecule has 120 valence electrons. The van der Waals surface area contributed by atoms with E-state index in [1.54, 1.807) is 6.20 Å². The van der Waals surface area contributed by atoms with Gasteiger partial charge in [0.2, 0.25) is 5.91 Å². The van der Waals surface area contributed by atoms with E-state index in [1.165, 1.54) is 0 Å². The maximum absolute atomic E-state index is 12.3. The number of aromatic nitrogens is 1. The van der Waals surface area contributed by atoms with Gasteiger partial charge in [0.1, 0.15) is 0 Å². The van der Waals surface area contributed by atoms with Gasteiger partial charge < -0.3 is 10.6 Å². The Hall–Kier alpha value is -0.840. The number of amides is 1. The van der Waals surface area contributed by atoms with E-state index in [0.29, 0.717) is 13.0 Å². The van der Waals surface area contributed by atoms with Gasteiger partial charge in [0, 0.05) is 31.9 Å². The summed E-state index contributed by atoms with van der Waals surface area (Å²) in [5.41, 5.74) is 7.00. The highest BCUT2D eigenvalue weighted by Crippen LogP contribution is 2.30. The fourth-order valence-electron chi connectivity index (χ4n) is 2.58. The van der Waals surface area contributed by atoms with Crippen LogP contribution in [-0.4, -0.2) is 35.4 Å². The molecule has 6 heteroatoms. The molecule has 2 rings (SSSR count). The Kier molecular flexibility index (Phi) is 8.22. The van der Waals surface area contributed by atoms with Crippen LogP contribution < -0.4 is 5.73 Å². The van der Waals surface area contributed by atoms with Crippen LogP contribution in [0.2, 0.25) is 0 Å². The minimum atomic E-state index is 0. The maximum Gasteiger partial charge on any atom is 0.223 e. The van der Waals surface area contributed by atoms with Crippen LogP contribution in [0.1, 0.15) is 38.2 Å². The average Bonchev–Trinajstić information content (AvgIpc) is 2.83.